The molecule has 0 bridgehead atoms. The fraction of sp³-hybridized carbons (Fsp3) is 0.579. The second kappa shape index (κ2) is 10.8. The van der Waals surface area contributed by atoms with E-state index in [1.54, 1.807) is 14.2 Å². The Labute approximate surface area is 155 Å². The summed E-state index contributed by atoms with van der Waals surface area (Å²) >= 11 is 0. The fourth-order valence-corrected chi connectivity index (χ4v) is 3.05. The monoisotopic (exact) mass is 363 g/mol. The number of likely N-dealkylation sites (tertiary alicyclic amines) is 1. The molecular weight excluding hydrogens is 334 g/mol. The lowest BCUT2D eigenvalue weighted by atomic mass is 10.0. The van der Waals surface area contributed by atoms with Crippen LogP contribution in [0.1, 0.15) is 18.4 Å². The van der Waals surface area contributed by atoms with Gasteiger partial charge in [-0.25, -0.2) is 0 Å². The van der Waals surface area contributed by atoms with Crippen molar-refractivity contribution in [2.45, 2.75) is 25.3 Å². The van der Waals surface area contributed by atoms with Crippen LogP contribution in [-0.4, -0.2) is 69.8 Å². The lowest BCUT2D eigenvalue weighted by molar-refractivity contribution is -0.131. The van der Waals surface area contributed by atoms with E-state index < -0.39 is 0 Å². The molecule has 0 aliphatic carbocycles. The van der Waals surface area contributed by atoms with Gasteiger partial charge in [0.25, 0.3) is 0 Å². The van der Waals surface area contributed by atoms with E-state index >= 15 is 0 Å². The number of nitrogens with zero attached hydrogens (tertiary/aromatic N) is 1. The summed E-state index contributed by atoms with van der Waals surface area (Å²) in [5.74, 6) is 0.824. The molecule has 1 saturated heterocycles. The number of piperidine rings is 1. The minimum absolute atomic E-state index is 0.0140. The lowest BCUT2D eigenvalue weighted by Crippen LogP contribution is -2.48. The molecule has 2 amide bonds. The maximum Gasteiger partial charge on any atom is 0.234 e. The van der Waals surface area contributed by atoms with Gasteiger partial charge in [0.2, 0.25) is 11.8 Å². The molecule has 0 radical (unpaired) electrons. The summed E-state index contributed by atoms with van der Waals surface area (Å²) < 4.78 is 10.2. The molecule has 7 nitrogen and oxygen atoms in total. The molecule has 0 unspecified atom stereocenters. The Hall–Kier alpha value is -2.12. The van der Waals surface area contributed by atoms with E-state index in [2.05, 4.69) is 10.6 Å². The Kier molecular flexibility index (Phi) is 8.37. The lowest BCUT2D eigenvalue weighted by Gasteiger charge is -2.32. The number of carbonyl (C=O) groups excluding carboxylic acids is 2. The summed E-state index contributed by atoms with van der Waals surface area (Å²) in [4.78, 5) is 26.3. The maximum atomic E-state index is 12.5. The first kappa shape index (κ1) is 20.2. The van der Waals surface area contributed by atoms with E-state index in [4.69, 9.17) is 9.47 Å². The van der Waals surface area contributed by atoms with Crippen molar-refractivity contribution in [1.82, 2.24) is 15.5 Å². The van der Waals surface area contributed by atoms with E-state index in [-0.39, 0.29) is 24.4 Å². The maximum absolute atomic E-state index is 12.5. The minimum Gasteiger partial charge on any atom is -0.496 e. The third-order valence-electron chi connectivity index (χ3n) is 4.52. The highest BCUT2D eigenvalue weighted by Gasteiger charge is 2.24. The van der Waals surface area contributed by atoms with Crippen LogP contribution in [0, 0.1) is 0 Å². The highest BCUT2D eigenvalue weighted by atomic mass is 16.5. The van der Waals surface area contributed by atoms with Crippen molar-refractivity contribution >= 4 is 11.8 Å². The first-order valence-electron chi connectivity index (χ1n) is 9.02. The Bertz CT molecular complexity index is 586. The molecule has 1 aromatic rings. The van der Waals surface area contributed by atoms with Gasteiger partial charge in [0.05, 0.1) is 26.7 Å². The smallest absolute Gasteiger partial charge is 0.234 e. The number of rotatable bonds is 9. The topological polar surface area (TPSA) is 79.9 Å². The number of para-hydroxylation sites is 1. The number of ether oxygens (including phenoxy) is 2. The largest absolute Gasteiger partial charge is 0.496 e. The van der Waals surface area contributed by atoms with Crippen molar-refractivity contribution in [3.05, 3.63) is 29.8 Å². The van der Waals surface area contributed by atoms with Gasteiger partial charge in [-0.15, -0.1) is 0 Å². The third kappa shape index (κ3) is 6.31. The van der Waals surface area contributed by atoms with Crippen molar-refractivity contribution in [2.75, 3.05) is 47.0 Å². The van der Waals surface area contributed by atoms with Gasteiger partial charge in [-0.3, -0.25) is 9.59 Å². The molecule has 1 fully saturated rings. The van der Waals surface area contributed by atoms with Crippen molar-refractivity contribution in [1.29, 1.82) is 0 Å². The predicted octanol–water partition coefficient (Wildman–Crippen LogP) is 0.581. The van der Waals surface area contributed by atoms with Gasteiger partial charge in [-0.05, 0) is 18.9 Å². The summed E-state index contributed by atoms with van der Waals surface area (Å²) in [6.45, 7) is 2.85. The average molecular weight is 363 g/mol. The van der Waals surface area contributed by atoms with Crippen molar-refractivity contribution in [3.63, 3.8) is 0 Å². The SMILES string of the molecule is COCCNCC(=O)NC1CCN(C(=O)Cc2ccccc2OC)CC1. The van der Waals surface area contributed by atoms with Crippen molar-refractivity contribution in [2.24, 2.45) is 0 Å². The van der Waals surface area contributed by atoms with Gasteiger partial charge in [-0.1, -0.05) is 18.2 Å². The Morgan fingerprint density at radius 2 is 1.92 bits per heavy atom. The molecule has 0 atom stereocenters. The second-order valence-corrected chi connectivity index (χ2v) is 6.38. The molecule has 1 aromatic carbocycles. The average Bonchev–Trinajstić information content (AvgIpc) is 2.66. The van der Waals surface area contributed by atoms with Crippen LogP contribution in [0.4, 0.5) is 0 Å². The predicted molar refractivity (Wildman–Crippen MR) is 99.2 cm³/mol. The van der Waals surface area contributed by atoms with E-state index in [1.807, 2.05) is 29.2 Å². The Morgan fingerprint density at radius 1 is 1.19 bits per heavy atom. The standard InChI is InChI=1S/C19H29N3O4/c1-25-12-9-20-14-18(23)21-16-7-10-22(11-8-16)19(24)13-15-5-3-4-6-17(15)26-2/h3-6,16,20H,7-14H2,1-2H3,(H,21,23). The highest BCUT2D eigenvalue weighted by molar-refractivity contribution is 5.80. The molecule has 7 heteroatoms. The second-order valence-electron chi connectivity index (χ2n) is 6.38. The third-order valence-corrected chi connectivity index (χ3v) is 4.52. The summed E-state index contributed by atoms with van der Waals surface area (Å²) in [6, 6.07) is 7.71. The molecule has 0 aromatic heterocycles. The summed E-state index contributed by atoms with van der Waals surface area (Å²) in [7, 11) is 3.24. The highest BCUT2D eigenvalue weighted by Crippen LogP contribution is 2.19. The molecule has 2 N–H and O–H groups in total. The van der Waals surface area contributed by atoms with Crippen LogP contribution in [0.15, 0.2) is 24.3 Å². The van der Waals surface area contributed by atoms with E-state index in [1.165, 1.54) is 0 Å². The number of hydrogen-bond acceptors (Lipinski definition) is 5. The first-order chi connectivity index (χ1) is 12.6. The molecule has 144 valence electrons. The van der Waals surface area contributed by atoms with Crippen LogP contribution >= 0.6 is 0 Å². The Balaban J connectivity index is 1.72. The van der Waals surface area contributed by atoms with Gasteiger partial charge >= 0.3 is 0 Å². The van der Waals surface area contributed by atoms with Crippen LogP contribution < -0.4 is 15.4 Å². The molecule has 1 aliphatic rings. The number of benzene rings is 1. The quantitative estimate of drug-likeness (QED) is 0.628. The van der Waals surface area contributed by atoms with Crippen LogP contribution in [0.5, 0.6) is 5.75 Å². The van der Waals surface area contributed by atoms with Crippen LogP contribution in [0.3, 0.4) is 0 Å². The molecule has 0 spiro atoms. The molecule has 26 heavy (non-hydrogen) atoms. The first-order valence-corrected chi connectivity index (χ1v) is 9.02. The number of nitrogens with one attached hydrogen (secondary N) is 2. The van der Waals surface area contributed by atoms with Crippen LogP contribution in [0.25, 0.3) is 0 Å². The van der Waals surface area contributed by atoms with Crippen LogP contribution in [-0.2, 0) is 20.7 Å². The zero-order valence-corrected chi connectivity index (χ0v) is 15.6. The summed E-state index contributed by atoms with van der Waals surface area (Å²) in [5.41, 5.74) is 0.901. The molecule has 0 saturated carbocycles. The van der Waals surface area contributed by atoms with Gasteiger partial charge in [0, 0.05) is 38.3 Å². The van der Waals surface area contributed by atoms with Gasteiger partial charge in [0.15, 0.2) is 0 Å². The molecule has 1 aliphatic heterocycles. The molecule has 2 rings (SSSR count). The number of carbonyl (C=O) groups is 2. The van der Waals surface area contributed by atoms with Crippen molar-refractivity contribution in [3.8, 4) is 5.75 Å². The van der Waals surface area contributed by atoms with Crippen molar-refractivity contribution < 1.29 is 19.1 Å². The van der Waals surface area contributed by atoms with E-state index in [0.29, 0.717) is 32.7 Å². The van der Waals surface area contributed by atoms with Gasteiger partial charge in [0.1, 0.15) is 5.75 Å². The fourth-order valence-electron chi connectivity index (χ4n) is 3.05. The molecule has 1 heterocycles. The normalized spacial score (nSPS) is 14.9. The van der Waals surface area contributed by atoms with E-state index in [0.717, 1.165) is 24.2 Å². The zero-order valence-electron chi connectivity index (χ0n) is 15.6. The molecular formula is C19H29N3O4. The zero-order chi connectivity index (χ0) is 18.8. The van der Waals surface area contributed by atoms with Gasteiger partial charge in [-0.2, -0.15) is 0 Å². The number of amides is 2. The number of hydrogen-bond donors (Lipinski definition) is 2. The Morgan fingerprint density at radius 3 is 2.62 bits per heavy atom. The summed E-state index contributed by atoms with van der Waals surface area (Å²) in [6.07, 6.45) is 1.90. The van der Waals surface area contributed by atoms with Crippen LogP contribution in [0.2, 0.25) is 0 Å². The number of methoxy groups -OCH3 is 2. The summed E-state index contributed by atoms with van der Waals surface area (Å²) in [5, 5.41) is 6.05. The van der Waals surface area contributed by atoms with E-state index in [9.17, 15) is 9.59 Å². The van der Waals surface area contributed by atoms with Gasteiger partial charge < -0.3 is 25.0 Å². The minimum atomic E-state index is -0.0140.